The van der Waals surface area contributed by atoms with Crippen molar-refractivity contribution in [1.82, 2.24) is 4.98 Å². The molecule has 6 heteroatoms. The summed E-state index contributed by atoms with van der Waals surface area (Å²) >= 11 is 1.34. The van der Waals surface area contributed by atoms with E-state index in [4.69, 9.17) is 14.2 Å². The zero-order valence-corrected chi connectivity index (χ0v) is 13.7. The molecule has 1 aromatic carbocycles. The van der Waals surface area contributed by atoms with E-state index < -0.39 is 5.97 Å². The molecule has 0 aliphatic rings. The maximum atomic E-state index is 11.9. The molecule has 1 heterocycles. The molecule has 0 bridgehead atoms. The Balaban J connectivity index is 2.30. The third-order valence-electron chi connectivity index (χ3n) is 2.75. The molecule has 0 unspecified atom stereocenters. The van der Waals surface area contributed by atoms with Gasteiger partial charge in [-0.2, -0.15) is 0 Å². The fraction of sp³-hybridized carbons (Fsp3) is 0.375. The third kappa shape index (κ3) is 3.76. The highest BCUT2D eigenvalue weighted by Crippen LogP contribution is 2.35. The van der Waals surface area contributed by atoms with Crippen molar-refractivity contribution in [1.29, 1.82) is 0 Å². The largest absolute Gasteiger partial charge is 0.494 e. The normalized spacial score (nSPS) is 10.3. The quantitative estimate of drug-likeness (QED) is 0.726. The minimum atomic E-state index is -0.459. The van der Waals surface area contributed by atoms with Gasteiger partial charge in [0.1, 0.15) is 10.8 Å². The average Bonchev–Trinajstić information content (AvgIpc) is 2.93. The van der Waals surface area contributed by atoms with E-state index in [0.29, 0.717) is 24.9 Å². The van der Waals surface area contributed by atoms with Gasteiger partial charge in [0.15, 0.2) is 0 Å². The van der Waals surface area contributed by atoms with Gasteiger partial charge in [0.05, 0.1) is 19.8 Å². The topological polar surface area (TPSA) is 57.7 Å². The SMILES string of the molecule is CCOC(=O)c1nc(-c2ccc(OCC)cc2)sc1OCC. The van der Waals surface area contributed by atoms with Crippen LogP contribution in [0, 0.1) is 0 Å². The van der Waals surface area contributed by atoms with Crippen molar-refractivity contribution in [3.63, 3.8) is 0 Å². The molecule has 118 valence electrons. The van der Waals surface area contributed by atoms with Crippen LogP contribution in [0.3, 0.4) is 0 Å². The summed E-state index contributed by atoms with van der Waals surface area (Å²) in [5.41, 5.74) is 1.14. The van der Waals surface area contributed by atoms with Gasteiger partial charge in [-0.1, -0.05) is 11.3 Å². The summed E-state index contributed by atoms with van der Waals surface area (Å²) in [6.45, 7) is 6.97. The molecule has 0 saturated carbocycles. The van der Waals surface area contributed by atoms with E-state index in [-0.39, 0.29) is 5.69 Å². The lowest BCUT2D eigenvalue weighted by atomic mass is 10.2. The summed E-state index contributed by atoms with van der Waals surface area (Å²) in [7, 11) is 0. The van der Waals surface area contributed by atoms with E-state index in [0.717, 1.165) is 16.3 Å². The van der Waals surface area contributed by atoms with Crippen LogP contribution in [0.25, 0.3) is 10.6 Å². The number of ether oxygens (including phenoxy) is 3. The molecule has 1 aromatic heterocycles. The molecule has 0 aliphatic carbocycles. The number of aromatic nitrogens is 1. The Morgan fingerprint density at radius 3 is 2.32 bits per heavy atom. The smallest absolute Gasteiger partial charge is 0.361 e. The Kier molecular flexibility index (Phi) is 5.77. The van der Waals surface area contributed by atoms with Gasteiger partial charge in [0.25, 0.3) is 0 Å². The van der Waals surface area contributed by atoms with Crippen molar-refractivity contribution in [2.75, 3.05) is 19.8 Å². The van der Waals surface area contributed by atoms with Crippen LogP contribution in [0.5, 0.6) is 10.8 Å². The van der Waals surface area contributed by atoms with Gasteiger partial charge in [0.2, 0.25) is 10.8 Å². The molecule has 0 atom stereocenters. The van der Waals surface area contributed by atoms with Crippen LogP contribution < -0.4 is 9.47 Å². The first-order chi connectivity index (χ1) is 10.7. The van der Waals surface area contributed by atoms with Gasteiger partial charge in [0, 0.05) is 5.56 Å². The predicted molar refractivity (Wildman–Crippen MR) is 85.8 cm³/mol. The summed E-state index contributed by atoms with van der Waals surface area (Å²) < 4.78 is 15.9. The number of carbonyl (C=O) groups excluding carboxylic acids is 1. The first kappa shape index (κ1) is 16.3. The summed E-state index contributed by atoms with van der Waals surface area (Å²) in [5, 5.41) is 1.21. The number of thiazole rings is 1. The van der Waals surface area contributed by atoms with E-state index in [1.54, 1.807) is 6.92 Å². The molecule has 2 rings (SSSR count). The van der Waals surface area contributed by atoms with Crippen molar-refractivity contribution in [2.24, 2.45) is 0 Å². The van der Waals surface area contributed by atoms with Crippen LogP contribution in [0.1, 0.15) is 31.3 Å². The molecule has 22 heavy (non-hydrogen) atoms. The lowest BCUT2D eigenvalue weighted by molar-refractivity contribution is 0.0516. The Labute approximate surface area is 133 Å². The van der Waals surface area contributed by atoms with Crippen molar-refractivity contribution in [2.45, 2.75) is 20.8 Å². The molecular weight excluding hydrogens is 302 g/mol. The van der Waals surface area contributed by atoms with E-state index in [2.05, 4.69) is 4.98 Å². The number of nitrogens with zero attached hydrogens (tertiary/aromatic N) is 1. The molecular formula is C16H19NO4S. The second kappa shape index (κ2) is 7.79. The molecule has 0 N–H and O–H groups in total. The number of benzene rings is 1. The zero-order valence-electron chi connectivity index (χ0n) is 12.9. The molecule has 0 radical (unpaired) electrons. The molecule has 2 aromatic rings. The number of rotatable bonds is 7. The van der Waals surface area contributed by atoms with Gasteiger partial charge in [-0.15, -0.1) is 0 Å². The fourth-order valence-corrected chi connectivity index (χ4v) is 2.82. The second-order valence-corrected chi connectivity index (χ2v) is 5.23. The summed E-state index contributed by atoms with van der Waals surface area (Å²) in [5.74, 6) is 0.345. The van der Waals surface area contributed by atoms with E-state index in [1.807, 2.05) is 38.1 Å². The zero-order chi connectivity index (χ0) is 15.9. The monoisotopic (exact) mass is 321 g/mol. The van der Waals surface area contributed by atoms with Crippen LogP contribution in [0.4, 0.5) is 0 Å². The van der Waals surface area contributed by atoms with Crippen molar-refractivity contribution in [3.8, 4) is 21.4 Å². The van der Waals surface area contributed by atoms with Gasteiger partial charge in [-0.3, -0.25) is 0 Å². The van der Waals surface area contributed by atoms with Crippen LogP contribution in [0.2, 0.25) is 0 Å². The molecule has 0 saturated heterocycles. The third-order valence-corrected chi connectivity index (χ3v) is 3.77. The number of carbonyl (C=O) groups is 1. The van der Waals surface area contributed by atoms with E-state index >= 15 is 0 Å². The maximum Gasteiger partial charge on any atom is 0.361 e. The summed E-state index contributed by atoms with van der Waals surface area (Å²) in [6.07, 6.45) is 0. The van der Waals surface area contributed by atoms with Crippen molar-refractivity contribution < 1.29 is 19.0 Å². The summed E-state index contributed by atoms with van der Waals surface area (Å²) in [6, 6.07) is 7.58. The Morgan fingerprint density at radius 2 is 1.73 bits per heavy atom. The average molecular weight is 321 g/mol. The second-order valence-electron chi connectivity index (χ2n) is 4.27. The van der Waals surface area contributed by atoms with Crippen LogP contribution in [-0.2, 0) is 4.74 Å². The maximum absolute atomic E-state index is 11.9. The number of hydrogen-bond acceptors (Lipinski definition) is 6. The standard InChI is InChI=1S/C16H19NO4S/c1-4-19-12-9-7-11(8-10-12)14-17-13(15(18)20-5-2)16(22-14)21-6-3/h7-10H,4-6H2,1-3H3. The molecule has 5 nitrogen and oxygen atoms in total. The highest BCUT2D eigenvalue weighted by atomic mass is 32.1. The molecule has 0 aliphatic heterocycles. The van der Waals surface area contributed by atoms with Gasteiger partial charge < -0.3 is 14.2 Å². The first-order valence-corrected chi connectivity index (χ1v) is 8.05. The van der Waals surface area contributed by atoms with Crippen molar-refractivity contribution >= 4 is 17.3 Å². The van der Waals surface area contributed by atoms with Crippen LogP contribution in [-0.4, -0.2) is 30.8 Å². The summed E-state index contributed by atoms with van der Waals surface area (Å²) in [4.78, 5) is 16.3. The van der Waals surface area contributed by atoms with Crippen molar-refractivity contribution in [3.05, 3.63) is 30.0 Å². The van der Waals surface area contributed by atoms with Crippen LogP contribution >= 0.6 is 11.3 Å². The Morgan fingerprint density at radius 1 is 1.05 bits per heavy atom. The fourth-order valence-electron chi connectivity index (χ4n) is 1.85. The number of hydrogen-bond donors (Lipinski definition) is 0. The van der Waals surface area contributed by atoms with Gasteiger partial charge in [-0.05, 0) is 45.0 Å². The van der Waals surface area contributed by atoms with E-state index in [1.165, 1.54) is 11.3 Å². The minimum absolute atomic E-state index is 0.234. The van der Waals surface area contributed by atoms with Crippen LogP contribution in [0.15, 0.2) is 24.3 Å². The van der Waals surface area contributed by atoms with Gasteiger partial charge >= 0.3 is 5.97 Å². The Hall–Kier alpha value is -2.08. The molecule has 0 fully saturated rings. The Bertz CT molecular complexity index is 622. The lowest BCUT2D eigenvalue weighted by Gasteiger charge is -2.02. The minimum Gasteiger partial charge on any atom is -0.494 e. The lowest BCUT2D eigenvalue weighted by Crippen LogP contribution is -2.07. The number of esters is 1. The molecule has 0 spiro atoms. The molecule has 0 amide bonds. The first-order valence-electron chi connectivity index (χ1n) is 7.23. The van der Waals surface area contributed by atoms with E-state index in [9.17, 15) is 4.79 Å². The van der Waals surface area contributed by atoms with Gasteiger partial charge in [-0.25, -0.2) is 9.78 Å². The highest BCUT2D eigenvalue weighted by molar-refractivity contribution is 7.17. The highest BCUT2D eigenvalue weighted by Gasteiger charge is 2.21. The predicted octanol–water partition coefficient (Wildman–Crippen LogP) is 3.78.